The van der Waals surface area contributed by atoms with Crippen LogP contribution in [0.15, 0.2) is 35.2 Å². The zero-order valence-electron chi connectivity index (χ0n) is 13.7. The molecule has 3 rings (SSSR count). The molecule has 1 aromatic carbocycles. The molecule has 0 atom stereocenters. The third-order valence-corrected chi connectivity index (χ3v) is 5.19. The van der Waals surface area contributed by atoms with Gasteiger partial charge in [-0.15, -0.1) is 0 Å². The highest BCUT2D eigenvalue weighted by Gasteiger charge is 2.33. The van der Waals surface area contributed by atoms with Crippen LogP contribution in [0.2, 0.25) is 5.02 Å². The summed E-state index contributed by atoms with van der Waals surface area (Å²) in [5, 5.41) is 0.481. The Morgan fingerprint density at radius 1 is 1.17 bits per heavy atom. The third kappa shape index (κ3) is 2.89. The molecule has 0 N–H and O–H groups in total. The van der Waals surface area contributed by atoms with E-state index in [1.54, 1.807) is 13.0 Å². The van der Waals surface area contributed by atoms with Crippen molar-refractivity contribution >= 4 is 40.6 Å². The second kappa shape index (κ2) is 6.49. The summed E-state index contributed by atoms with van der Waals surface area (Å²) in [7, 11) is 0. The van der Waals surface area contributed by atoms with Gasteiger partial charge in [0, 0.05) is 28.6 Å². The number of aryl methyl sites for hydroxylation is 1. The number of imide groups is 1. The molecule has 124 valence electrons. The van der Waals surface area contributed by atoms with Crippen molar-refractivity contribution in [2.75, 3.05) is 6.54 Å². The minimum atomic E-state index is -0.219. The van der Waals surface area contributed by atoms with E-state index in [1.165, 1.54) is 4.90 Å². The van der Waals surface area contributed by atoms with E-state index in [1.807, 2.05) is 44.2 Å². The number of halogens is 1. The first kappa shape index (κ1) is 16.9. The standard InChI is InChI=1S/C18H17ClN2O2S/c1-4-20-17(22)16(24-18(20)23)10-13-9-11(2)21(12(13)3)15-7-5-14(19)6-8-15/h5-10H,4H2,1-3H3/b16-10-. The number of rotatable bonds is 3. The minimum absolute atomic E-state index is 0.208. The average molecular weight is 361 g/mol. The van der Waals surface area contributed by atoms with Crippen LogP contribution in [0, 0.1) is 13.8 Å². The van der Waals surface area contributed by atoms with Crippen LogP contribution in [0.4, 0.5) is 4.79 Å². The Balaban J connectivity index is 2.01. The van der Waals surface area contributed by atoms with E-state index >= 15 is 0 Å². The molecule has 0 bridgehead atoms. The topological polar surface area (TPSA) is 42.3 Å². The fourth-order valence-electron chi connectivity index (χ4n) is 2.84. The van der Waals surface area contributed by atoms with Gasteiger partial charge in [-0.2, -0.15) is 0 Å². The highest BCUT2D eigenvalue weighted by molar-refractivity contribution is 8.18. The van der Waals surface area contributed by atoms with Crippen LogP contribution < -0.4 is 0 Å². The van der Waals surface area contributed by atoms with Gasteiger partial charge in [0.15, 0.2) is 0 Å². The molecule has 1 aliphatic rings. The lowest BCUT2D eigenvalue weighted by Gasteiger charge is -2.09. The number of hydrogen-bond donors (Lipinski definition) is 0. The van der Waals surface area contributed by atoms with Gasteiger partial charge < -0.3 is 4.57 Å². The van der Waals surface area contributed by atoms with Crippen molar-refractivity contribution in [3.05, 3.63) is 57.2 Å². The van der Waals surface area contributed by atoms with Gasteiger partial charge in [0.1, 0.15) is 0 Å². The number of carbonyl (C=O) groups excluding carboxylic acids is 2. The van der Waals surface area contributed by atoms with Crippen molar-refractivity contribution in [2.45, 2.75) is 20.8 Å². The largest absolute Gasteiger partial charge is 0.318 e. The number of aromatic nitrogens is 1. The Hall–Kier alpha value is -1.98. The molecule has 0 unspecified atom stereocenters. The molecule has 0 aliphatic carbocycles. The van der Waals surface area contributed by atoms with Crippen molar-refractivity contribution in [1.29, 1.82) is 0 Å². The molecule has 0 saturated carbocycles. The molecule has 0 spiro atoms. The molecule has 4 nitrogen and oxygen atoms in total. The van der Waals surface area contributed by atoms with Crippen LogP contribution in [-0.4, -0.2) is 27.2 Å². The summed E-state index contributed by atoms with van der Waals surface area (Å²) in [5.74, 6) is -0.219. The van der Waals surface area contributed by atoms with Gasteiger partial charge in [-0.05, 0) is 74.5 Å². The molecule has 0 radical (unpaired) electrons. The Kier molecular flexibility index (Phi) is 4.56. The van der Waals surface area contributed by atoms with Crippen LogP contribution >= 0.6 is 23.4 Å². The van der Waals surface area contributed by atoms with Crippen molar-refractivity contribution < 1.29 is 9.59 Å². The van der Waals surface area contributed by atoms with Crippen molar-refractivity contribution in [3.8, 4) is 5.69 Å². The summed E-state index contributed by atoms with van der Waals surface area (Å²) >= 11 is 6.95. The molecule has 2 amide bonds. The first-order chi connectivity index (χ1) is 11.4. The molecule has 6 heteroatoms. The average Bonchev–Trinajstić information content (AvgIpc) is 2.97. The van der Waals surface area contributed by atoms with Gasteiger partial charge >= 0.3 is 0 Å². The van der Waals surface area contributed by atoms with Crippen LogP contribution in [-0.2, 0) is 4.79 Å². The number of amides is 2. The number of nitrogens with zero attached hydrogens (tertiary/aromatic N) is 2. The maximum atomic E-state index is 12.3. The number of hydrogen-bond acceptors (Lipinski definition) is 3. The minimum Gasteiger partial charge on any atom is -0.318 e. The summed E-state index contributed by atoms with van der Waals surface area (Å²) in [6, 6.07) is 9.63. The number of carbonyl (C=O) groups is 2. The maximum Gasteiger partial charge on any atom is 0.293 e. The second-order valence-corrected chi connectivity index (χ2v) is 6.99. The smallest absolute Gasteiger partial charge is 0.293 e. The summed E-state index contributed by atoms with van der Waals surface area (Å²) in [6.45, 7) is 6.20. The van der Waals surface area contributed by atoms with E-state index < -0.39 is 0 Å². The van der Waals surface area contributed by atoms with Crippen molar-refractivity contribution in [3.63, 3.8) is 0 Å². The predicted molar refractivity (Wildman–Crippen MR) is 98.6 cm³/mol. The zero-order chi connectivity index (χ0) is 17.4. The first-order valence-corrected chi connectivity index (χ1v) is 8.82. The van der Waals surface area contributed by atoms with Crippen molar-refractivity contribution in [1.82, 2.24) is 9.47 Å². The molecule has 2 aromatic rings. The normalized spacial score (nSPS) is 16.5. The molecule has 2 heterocycles. The maximum absolute atomic E-state index is 12.3. The quantitative estimate of drug-likeness (QED) is 0.738. The summed E-state index contributed by atoms with van der Waals surface area (Å²) < 4.78 is 2.10. The van der Waals surface area contributed by atoms with Gasteiger partial charge in [0.25, 0.3) is 11.1 Å². The number of thioether (sulfide) groups is 1. The van der Waals surface area contributed by atoms with Crippen LogP contribution in [0.25, 0.3) is 11.8 Å². The summed E-state index contributed by atoms with van der Waals surface area (Å²) in [5.41, 5.74) is 4.01. The highest BCUT2D eigenvalue weighted by Crippen LogP contribution is 2.33. The Labute approximate surface area is 150 Å². The Morgan fingerprint density at radius 3 is 2.42 bits per heavy atom. The first-order valence-electron chi connectivity index (χ1n) is 7.62. The van der Waals surface area contributed by atoms with E-state index in [-0.39, 0.29) is 11.1 Å². The molecule has 24 heavy (non-hydrogen) atoms. The van der Waals surface area contributed by atoms with E-state index in [9.17, 15) is 9.59 Å². The van der Waals surface area contributed by atoms with E-state index in [4.69, 9.17) is 11.6 Å². The van der Waals surface area contributed by atoms with Crippen LogP contribution in [0.1, 0.15) is 23.9 Å². The number of likely N-dealkylation sites (N-methyl/N-ethyl adjacent to an activating group) is 1. The van der Waals surface area contributed by atoms with Gasteiger partial charge in [-0.3, -0.25) is 14.5 Å². The van der Waals surface area contributed by atoms with Crippen molar-refractivity contribution in [2.24, 2.45) is 0 Å². The number of benzene rings is 1. The lowest BCUT2D eigenvalue weighted by molar-refractivity contribution is -0.122. The predicted octanol–water partition coefficient (Wildman–Crippen LogP) is 4.80. The molecule has 1 aromatic heterocycles. The zero-order valence-corrected chi connectivity index (χ0v) is 15.2. The van der Waals surface area contributed by atoms with Gasteiger partial charge in [0.2, 0.25) is 0 Å². The lowest BCUT2D eigenvalue weighted by Crippen LogP contribution is -2.27. The summed E-state index contributed by atoms with van der Waals surface area (Å²) in [4.78, 5) is 25.8. The second-order valence-electron chi connectivity index (χ2n) is 5.56. The fraction of sp³-hybridized carbons (Fsp3) is 0.222. The van der Waals surface area contributed by atoms with Gasteiger partial charge in [0.05, 0.1) is 4.91 Å². The summed E-state index contributed by atoms with van der Waals surface area (Å²) in [6.07, 6.45) is 1.80. The van der Waals surface area contributed by atoms with Gasteiger partial charge in [-0.1, -0.05) is 11.6 Å². The highest BCUT2D eigenvalue weighted by atomic mass is 35.5. The van der Waals surface area contributed by atoms with E-state index in [0.29, 0.717) is 16.5 Å². The lowest BCUT2D eigenvalue weighted by atomic mass is 10.2. The Bertz CT molecular complexity index is 853. The molecule has 1 aliphatic heterocycles. The van der Waals surface area contributed by atoms with Crippen LogP contribution in [0.5, 0.6) is 0 Å². The molecular formula is C18H17ClN2O2S. The molecule has 1 saturated heterocycles. The molecular weight excluding hydrogens is 344 g/mol. The monoisotopic (exact) mass is 360 g/mol. The Morgan fingerprint density at radius 2 is 1.83 bits per heavy atom. The fourth-order valence-corrected chi connectivity index (χ4v) is 3.85. The molecule has 1 fully saturated rings. The SMILES string of the molecule is CCN1C(=O)S/C(=C\c2cc(C)n(-c3ccc(Cl)cc3)c2C)C1=O. The van der Waals surface area contributed by atoms with E-state index in [2.05, 4.69) is 4.57 Å². The van der Waals surface area contributed by atoms with Crippen LogP contribution in [0.3, 0.4) is 0 Å². The van der Waals surface area contributed by atoms with E-state index in [0.717, 1.165) is 34.4 Å². The van der Waals surface area contributed by atoms with Gasteiger partial charge in [-0.25, -0.2) is 0 Å². The third-order valence-electron chi connectivity index (χ3n) is 4.03.